The van der Waals surface area contributed by atoms with Gasteiger partial charge in [0.05, 0.1) is 18.4 Å². The lowest BCUT2D eigenvalue weighted by Gasteiger charge is -2.06. The number of carbonyl (C=O) groups is 1. The SMILES string of the molecule is COc1ccc(Cl)cc1C(=O)N=c1sc(C)c(-c2ccc(F)cc2)n1C. The first-order valence-corrected chi connectivity index (χ1v) is 8.95. The van der Waals surface area contributed by atoms with Gasteiger partial charge in [0.25, 0.3) is 5.91 Å². The van der Waals surface area contributed by atoms with Crippen molar-refractivity contribution >= 4 is 28.8 Å². The molecule has 26 heavy (non-hydrogen) atoms. The number of methoxy groups -OCH3 is 1. The first kappa shape index (κ1) is 18.4. The average molecular weight is 391 g/mol. The molecule has 0 spiro atoms. The molecule has 0 unspecified atom stereocenters. The van der Waals surface area contributed by atoms with Crippen molar-refractivity contribution in [3.63, 3.8) is 0 Å². The highest BCUT2D eigenvalue weighted by atomic mass is 35.5. The van der Waals surface area contributed by atoms with Gasteiger partial charge < -0.3 is 9.30 Å². The molecule has 0 saturated carbocycles. The largest absolute Gasteiger partial charge is 0.496 e. The molecule has 2 aromatic carbocycles. The maximum absolute atomic E-state index is 13.2. The molecule has 0 saturated heterocycles. The van der Waals surface area contributed by atoms with Crippen LogP contribution >= 0.6 is 22.9 Å². The van der Waals surface area contributed by atoms with Crippen molar-refractivity contribution in [3.05, 3.63) is 68.5 Å². The predicted octanol–water partition coefficient (Wildman–Crippen LogP) is 4.60. The predicted molar refractivity (Wildman–Crippen MR) is 101 cm³/mol. The molecule has 0 N–H and O–H groups in total. The van der Waals surface area contributed by atoms with Crippen molar-refractivity contribution in [2.75, 3.05) is 7.11 Å². The van der Waals surface area contributed by atoms with E-state index in [1.807, 2.05) is 18.5 Å². The molecule has 3 rings (SSSR count). The molecular formula is C19H16ClFN2O2S. The average Bonchev–Trinajstić information content (AvgIpc) is 2.89. The number of benzene rings is 2. The first-order chi connectivity index (χ1) is 12.4. The van der Waals surface area contributed by atoms with Crippen LogP contribution < -0.4 is 9.54 Å². The zero-order chi connectivity index (χ0) is 18.8. The molecule has 0 radical (unpaired) electrons. The molecule has 0 fully saturated rings. The summed E-state index contributed by atoms with van der Waals surface area (Å²) in [6, 6.07) is 11.0. The summed E-state index contributed by atoms with van der Waals surface area (Å²) >= 11 is 7.38. The lowest BCUT2D eigenvalue weighted by Crippen LogP contribution is -2.14. The van der Waals surface area contributed by atoms with Gasteiger partial charge in [-0.15, -0.1) is 11.3 Å². The van der Waals surface area contributed by atoms with E-state index in [4.69, 9.17) is 16.3 Å². The molecule has 0 aliphatic rings. The van der Waals surface area contributed by atoms with E-state index >= 15 is 0 Å². The van der Waals surface area contributed by atoms with E-state index in [2.05, 4.69) is 4.99 Å². The Kier molecular flexibility index (Phi) is 5.25. The molecule has 0 aliphatic heterocycles. The third-order valence-corrected chi connectivity index (χ3v) is 5.19. The highest BCUT2D eigenvalue weighted by Crippen LogP contribution is 2.26. The van der Waals surface area contributed by atoms with Crippen molar-refractivity contribution < 1.29 is 13.9 Å². The zero-order valence-electron chi connectivity index (χ0n) is 14.4. The van der Waals surface area contributed by atoms with Crippen molar-refractivity contribution in [1.29, 1.82) is 0 Å². The summed E-state index contributed by atoms with van der Waals surface area (Å²) in [5.41, 5.74) is 2.05. The van der Waals surface area contributed by atoms with Gasteiger partial charge in [-0.1, -0.05) is 11.6 Å². The summed E-state index contributed by atoms with van der Waals surface area (Å²) < 4.78 is 20.2. The maximum Gasteiger partial charge on any atom is 0.283 e. The Morgan fingerprint density at radius 1 is 1.23 bits per heavy atom. The number of nitrogens with zero attached hydrogens (tertiary/aromatic N) is 2. The fourth-order valence-corrected chi connectivity index (χ4v) is 3.84. The molecule has 1 amide bonds. The molecular weight excluding hydrogens is 375 g/mol. The highest BCUT2D eigenvalue weighted by Gasteiger charge is 2.15. The minimum atomic E-state index is -0.438. The van der Waals surface area contributed by atoms with Crippen LogP contribution in [0.25, 0.3) is 11.3 Å². The third kappa shape index (κ3) is 3.57. The molecule has 1 heterocycles. The van der Waals surface area contributed by atoms with E-state index in [0.29, 0.717) is 21.1 Å². The summed E-state index contributed by atoms with van der Waals surface area (Å²) in [5, 5.41) is 0.433. The van der Waals surface area contributed by atoms with Crippen molar-refractivity contribution in [3.8, 4) is 17.0 Å². The number of carbonyl (C=O) groups excluding carboxylic acids is 1. The number of thiazole rings is 1. The van der Waals surface area contributed by atoms with Crippen LogP contribution in [0.2, 0.25) is 5.02 Å². The van der Waals surface area contributed by atoms with Crippen LogP contribution in [0, 0.1) is 12.7 Å². The van der Waals surface area contributed by atoms with Crippen LogP contribution in [0.3, 0.4) is 0 Å². The Hall–Kier alpha value is -2.44. The van der Waals surface area contributed by atoms with Gasteiger partial charge in [0.15, 0.2) is 4.80 Å². The number of aromatic nitrogens is 1. The number of hydrogen-bond acceptors (Lipinski definition) is 3. The van der Waals surface area contributed by atoms with Crippen molar-refractivity contribution in [2.24, 2.45) is 12.0 Å². The van der Waals surface area contributed by atoms with E-state index in [-0.39, 0.29) is 5.82 Å². The summed E-state index contributed by atoms with van der Waals surface area (Å²) in [4.78, 5) is 18.4. The fourth-order valence-electron chi connectivity index (χ4n) is 2.68. The van der Waals surface area contributed by atoms with Crippen LogP contribution in [0.1, 0.15) is 15.2 Å². The maximum atomic E-state index is 13.2. The second-order valence-corrected chi connectivity index (χ2v) is 7.23. The lowest BCUT2D eigenvalue weighted by molar-refractivity contribution is 0.0995. The van der Waals surface area contributed by atoms with Gasteiger partial charge in [-0.25, -0.2) is 4.39 Å². The summed E-state index contributed by atoms with van der Waals surface area (Å²) in [5.74, 6) is -0.317. The first-order valence-electron chi connectivity index (χ1n) is 7.75. The Balaban J connectivity index is 2.08. The minimum absolute atomic E-state index is 0.294. The minimum Gasteiger partial charge on any atom is -0.496 e. The smallest absolute Gasteiger partial charge is 0.283 e. The van der Waals surface area contributed by atoms with Gasteiger partial charge in [0.2, 0.25) is 0 Å². The number of rotatable bonds is 3. The molecule has 1 aromatic heterocycles. The van der Waals surface area contributed by atoms with Crippen LogP contribution in [-0.2, 0) is 7.05 Å². The van der Waals surface area contributed by atoms with Gasteiger partial charge in [-0.05, 0) is 55.0 Å². The normalized spacial score (nSPS) is 11.7. The quantitative estimate of drug-likeness (QED) is 0.655. The number of ether oxygens (including phenoxy) is 1. The van der Waals surface area contributed by atoms with E-state index in [9.17, 15) is 9.18 Å². The van der Waals surface area contributed by atoms with Gasteiger partial charge in [-0.3, -0.25) is 4.79 Å². The standard InChI is InChI=1S/C19H16ClFN2O2S/c1-11-17(12-4-7-14(21)8-5-12)23(2)19(26-11)22-18(24)15-10-13(20)6-9-16(15)25-3/h4-10H,1-3H3. The molecule has 4 nitrogen and oxygen atoms in total. The van der Waals surface area contributed by atoms with E-state index in [0.717, 1.165) is 16.1 Å². The molecule has 0 bridgehead atoms. The fraction of sp³-hybridized carbons (Fsp3) is 0.158. The molecule has 0 aliphatic carbocycles. The number of hydrogen-bond donors (Lipinski definition) is 0. The topological polar surface area (TPSA) is 43.6 Å². The molecule has 7 heteroatoms. The Morgan fingerprint density at radius 3 is 2.58 bits per heavy atom. The highest BCUT2D eigenvalue weighted by molar-refractivity contribution is 7.09. The van der Waals surface area contributed by atoms with E-state index < -0.39 is 5.91 Å². The Labute approximate surface area is 159 Å². The molecule has 0 atom stereocenters. The van der Waals surface area contributed by atoms with Crippen LogP contribution in [-0.4, -0.2) is 17.6 Å². The van der Waals surface area contributed by atoms with Crippen molar-refractivity contribution in [1.82, 2.24) is 4.57 Å². The second kappa shape index (κ2) is 7.43. The Morgan fingerprint density at radius 2 is 1.92 bits per heavy atom. The molecule has 134 valence electrons. The van der Waals surface area contributed by atoms with Gasteiger partial charge >= 0.3 is 0 Å². The number of amides is 1. The van der Waals surface area contributed by atoms with E-state index in [1.165, 1.54) is 36.6 Å². The monoisotopic (exact) mass is 390 g/mol. The van der Waals surface area contributed by atoms with Gasteiger partial charge in [-0.2, -0.15) is 4.99 Å². The Bertz CT molecular complexity index is 1040. The second-order valence-electron chi connectivity index (χ2n) is 5.62. The van der Waals surface area contributed by atoms with Crippen molar-refractivity contribution in [2.45, 2.75) is 6.92 Å². The summed E-state index contributed by atoms with van der Waals surface area (Å²) in [6.45, 7) is 1.94. The van der Waals surface area contributed by atoms with Crippen LogP contribution in [0.4, 0.5) is 4.39 Å². The van der Waals surface area contributed by atoms with Gasteiger partial charge in [0, 0.05) is 16.9 Å². The lowest BCUT2D eigenvalue weighted by atomic mass is 10.1. The number of aryl methyl sites for hydroxylation is 1. The zero-order valence-corrected chi connectivity index (χ0v) is 16.0. The number of halogens is 2. The summed E-state index contributed by atoms with van der Waals surface area (Å²) in [7, 11) is 3.31. The van der Waals surface area contributed by atoms with Crippen LogP contribution in [0.15, 0.2) is 47.5 Å². The van der Waals surface area contributed by atoms with E-state index in [1.54, 1.807) is 24.3 Å². The summed E-state index contributed by atoms with van der Waals surface area (Å²) in [6.07, 6.45) is 0. The third-order valence-electron chi connectivity index (χ3n) is 3.91. The van der Waals surface area contributed by atoms with Gasteiger partial charge in [0.1, 0.15) is 11.6 Å². The molecule has 3 aromatic rings. The van der Waals surface area contributed by atoms with Crippen LogP contribution in [0.5, 0.6) is 5.75 Å².